The minimum atomic E-state index is -5.19. The zero-order valence-electron chi connectivity index (χ0n) is 8.42. The molecule has 0 rings (SSSR count). The van der Waals surface area contributed by atoms with Crippen LogP contribution in [0.4, 0.5) is 13.2 Å². The molecule has 4 N–H and O–H groups in total. The van der Waals surface area contributed by atoms with Gasteiger partial charge in [-0.15, -0.1) is 0 Å². The number of nitrogens with two attached hydrogens (primary N) is 2. The van der Waals surface area contributed by atoms with Gasteiger partial charge >= 0.3 is 18.1 Å². The van der Waals surface area contributed by atoms with E-state index in [1.54, 1.807) is 0 Å². The molecule has 5 nitrogen and oxygen atoms in total. The molecule has 0 bridgehead atoms. The first-order chi connectivity index (χ1) is 7.29. The fourth-order valence-corrected chi connectivity index (χ4v) is 0.851. The van der Waals surface area contributed by atoms with Gasteiger partial charge in [-0.05, 0) is 19.4 Å². The van der Waals surface area contributed by atoms with Crippen LogP contribution in [0.2, 0.25) is 0 Å². The zero-order chi connectivity index (χ0) is 12.8. The van der Waals surface area contributed by atoms with Crippen LogP contribution in [0.15, 0.2) is 0 Å². The Morgan fingerprint density at radius 1 is 1.25 bits per heavy atom. The van der Waals surface area contributed by atoms with Gasteiger partial charge in [-0.1, -0.05) is 6.42 Å². The Morgan fingerprint density at radius 3 is 2.25 bits per heavy atom. The minimum Gasteiger partial charge on any atom is -0.385 e. The first-order valence-corrected chi connectivity index (χ1v) is 4.57. The molecule has 0 amide bonds. The van der Waals surface area contributed by atoms with Gasteiger partial charge in [0.15, 0.2) is 0 Å². The third-order valence-corrected chi connectivity index (χ3v) is 1.70. The largest absolute Gasteiger partial charge is 0.491 e. The van der Waals surface area contributed by atoms with E-state index in [2.05, 4.69) is 4.74 Å². The predicted octanol–water partition coefficient (Wildman–Crippen LogP) is 0.0748. The normalized spacial score (nSPS) is 13.3. The highest BCUT2D eigenvalue weighted by Crippen LogP contribution is 2.17. The Hall–Kier alpha value is -1.15. The molecule has 0 unspecified atom stereocenters. The van der Waals surface area contributed by atoms with Gasteiger partial charge in [0.25, 0.3) is 0 Å². The monoisotopic (exact) mass is 242 g/mol. The first-order valence-electron chi connectivity index (χ1n) is 4.57. The maximum absolute atomic E-state index is 11.7. The highest BCUT2D eigenvalue weighted by molar-refractivity contribution is 5.90. The van der Waals surface area contributed by atoms with Gasteiger partial charge in [0.1, 0.15) is 6.04 Å². The Bertz CT molecular complexity index is 255. The van der Waals surface area contributed by atoms with E-state index in [9.17, 15) is 22.8 Å². The minimum absolute atomic E-state index is 0.126. The molecule has 0 aromatic rings. The van der Waals surface area contributed by atoms with E-state index in [1.807, 2.05) is 0 Å². The third kappa shape index (κ3) is 5.66. The fourth-order valence-electron chi connectivity index (χ4n) is 0.851. The van der Waals surface area contributed by atoms with Gasteiger partial charge in [-0.3, -0.25) is 0 Å². The highest BCUT2D eigenvalue weighted by Gasteiger charge is 2.42. The number of esters is 2. The lowest BCUT2D eigenvalue weighted by Crippen LogP contribution is -2.37. The van der Waals surface area contributed by atoms with Crippen molar-refractivity contribution in [2.24, 2.45) is 11.5 Å². The summed E-state index contributed by atoms with van der Waals surface area (Å²) in [5.74, 6) is -3.92. The van der Waals surface area contributed by atoms with Crippen LogP contribution >= 0.6 is 0 Å². The van der Waals surface area contributed by atoms with Crippen molar-refractivity contribution in [1.29, 1.82) is 0 Å². The Morgan fingerprint density at radius 2 is 1.81 bits per heavy atom. The molecule has 0 aromatic heterocycles. The van der Waals surface area contributed by atoms with Crippen molar-refractivity contribution in [3.8, 4) is 0 Å². The summed E-state index contributed by atoms with van der Waals surface area (Å²) in [6, 6.07) is -1.24. The van der Waals surface area contributed by atoms with E-state index >= 15 is 0 Å². The Labute approximate surface area is 89.9 Å². The van der Waals surface area contributed by atoms with Gasteiger partial charge in [-0.25, -0.2) is 9.59 Å². The Kier molecular flexibility index (Phi) is 5.97. The van der Waals surface area contributed by atoms with Gasteiger partial charge in [0.05, 0.1) is 0 Å². The summed E-state index contributed by atoms with van der Waals surface area (Å²) in [6.45, 7) is 0.392. The lowest BCUT2D eigenvalue weighted by Gasteiger charge is -2.10. The van der Waals surface area contributed by atoms with E-state index in [4.69, 9.17) is 11.5 Å². The van der Waals surface area contributed by atoms with Crippen molar-refractivity contribution in [3.05, 3.63) is 0 Å². The molecule has 0 spiro atoms. The molecule has 94 valence electrons. The van der Waals surface area contributed by atoms with Crippen molar-refractivity contribution >= 4 is 11.9 Å². The molecule has 0 radical (unpaired) electrons. The topological polar surface area (TPSA) is 95.4 Å². The molecular weight excluding hydrogens is 229 g/mol. The van der Waals surface area contributed by atoms with Crippen LogP contribution < -0.4 is 11.5 Å². The lowest BCUT2D eigenvalue weighted by molar-refractivity contribution is -0.202. The van der Waals surface area contributed by atoms with E-state index in [0.717, 1.165) is 0 Å². The lowest BCUT2D eigenvalue weighted by atomic mass is 10.1. The second kappa shape index (κ2) is 6.44. The number of ether oxygens (including phenoxy) is 1. The van der Waals surface area contributed by atoms with E-state index in [1.165, 1.54) is 0 Å². The number of rotatable bonds is 5. The maximum atomic E-state index is 11.7. The van der Waals surface area contributed by atoms with Gasteiger partial charge in [0, 0.05) is 0 Å². The zero-order valence-corrected chi connectivity index (χ0v) is 8.42. The summed E-state index contributed by atoms with van der Waals surface area (Å²) in [7, 11) is 0. The molecule has 0 aliphatic rings. The molecule has 0 aromatic carbocycles. The summed E-state index contributed by atoms with van der Waals surface area (Å²) in [4.78, 5) is 21.2. The van der Waals surface area contributed by atoms with Crippen molar-refractivity contribution < 1.29 is 27.5 Å². The summed E-state index contributed by atoms with van der Waals surface area (Å²) >= 11 is 0. The molecule has 0 aliphatic heterocycles. The molecule has 16 heavy (non-hydrogen) atoms. The van der Waals surface area contributed by atoms with Crippen LogP contribution in [-0.4, -0.2) is 30.7 Å². The van der Waals surface area contributed by atoms with E-state index < -0.39 is 24.2 Å². The number of halogens is 3. The fraction of sp³-hybridized carbons (Fsp3) is 0.750. The number of hydrogen-bond acceptors (Lipinski definition) is 5. The summed E-state index contributed by atoms with van der Waals surface area (Å²) in [5, 5.41) is 0. The molecule has 0 aliphatic carbocycles. The SMILES string of the molecule is NCCCC[C@H](N)C(=O)OC(=O)C(F)(F)F. The summed E-state index contributed by atoms with van der Waals surface area (Å²) < 4.78 is 38.6. The molecule has 0 heterocycles. The average molecular weight is 242 g/mol. The third-order valence-electron chi connectivity index (χ3n) is 1.70. The number of carbonyl (C=O) groups is 2. The van der Waals surface area contributed by atoms with Crippen LogP contribution in [0.5, 0.6) is 0 Å². The molecule has 1 atom stereocenters. The van der Waals surface area contributed by atoms with Crippen LogP contribution in [0.3, 0.4) is 0 Å². The van der Waals surface area contributed by atoms with Crippen LogP contribution in [0.1, 0.15) is 19.3 Å². The van der Waals surface area contributed by atoms with Crippen molar-refractivity contribution in [2.75, 3.05) is 6.54 Å². The molecule has 0 saturated heterocycles. The highest BCUT2D eigenvalue weighted by atomic mass is 19.4. The van der Waals surface area contributed by atoms with Crippen LogP contribution in [0, 0.1) is 0 Å². The van der Waals surface area contributed by atoms with Crippen LogP contribution in [0.25, 0.3) is 0 Å². The number of alkyl halides is 3. The van der Waals surface area contributed by atoms with E-state index in [0.29, 0.717) is 19.4 Å². The Balaban J connectivity index is 4.01. The second-order valence-electron chi connectivity index (χ2n) is 3.10. The molecule has 8 heteroatoms. The molecule has 0 saturated carbocycles. The number of unbranched alkanes of at least 4 members (excludes halogenated alkanes) is 1. The van der Waals surface area contributed by atoms with Gasteiger partial charge < -0.3 is 16.2 Å². The van der Waals surface area contributed by atoms with Crippen molar-refractivity contribution in [3.63, 3.8) is 0 Å². The maximum Gasteiger partial charge on any atom is 0.491 e. The quantitative estimate of drug-likeness (QED) is 0.404. The second-order valence-corrected chi connectivity index (χ2v) is 3.10. The molecule has 0 fully saturated rings. The van der Waals surface area contributed by atoms with Crippen molar-refractivity contribution in [1.82, 2.24) is 0 Å². The molecular formula is C8H13F3N2O3. The standard InChI is InChI=1S/C8H13F3N2O3/c9-8(10,11)7(15)16-6(14)5(13)3-1-2-4-12/h5H,1-4,12-13H2/t5-/m0/s1. The summed E-state index contributed by atoms with van der Waals surface area (Å²) in [5.41, 5.74) is 10.4. The van der Waals surface area contributed by atoms with Gasteiger partial charge in [-0.2, -0.15) is 13.2 Å². The summed E-state index contributed by atoms with van der Waals surface area (Å²) in [6.07, 6.45) is -3.99. The number of hydrogen-bond donors (Lipinski definition) is 2. The average Bonchev–Trinajstić information content (AvgIpc) is 2.16. The van der Waals surface area contributed by atoms with E-state index in [-0.39, 0.29) is 6.42 Å². The van der Waals surface area contributed by atoms with Gasteiger partial charge in [0.2, 0.25) is 0 Å². The predicted molar refractivity (Wildman–Crippen MR) is 48.0 cm³/mol. The number of carbonyl (C=O) groups excluding carboxylic acids is 2. The van der Waals surface area contributed by atoms with Crippen LogP contribution in [-0.2, 0) is 14.3 Å². The smallest absolute Gasteiger partial charge is 0.385 e. The van der Waals surface area contributed by atoms with Crippen molar-refractivity contribution in [2.45, 2.75) is 31.5 Å². The first kappa shape index (κ1) is 14.8.